The second-order valence-corrected chi connectivity index (χ2v) is 17.7. The van der Waals surface area contributed by atoms with E-state index in [1.807, 2.05) is 0 Å². The van der Waals surface area contributed by atoms with Crippen LogP contribution in [0.15, 0.2) is 158 Å². The third-order valence-corrected chi connectivity index (χ3v) is 13.0. The minimum Gasteiger partial charge on any atom is -0.310 e. The van der Waals surface area contributed by atoms with Crippen LogP contribution in [0.1, 0.15) is 76.6 Å². The number of nitrogens with zero attached hydrogens (tertiary/aromatic N) is 2. The van der Waals surface area contributed by atoms with Crippen molar-refractivity contribution in [2.75, 3.05) is 4.90 Å². The number of hydrogen-bond acceptors (Lipinski definition) is 1. The molecule has 0 aliphatic heterocycles. The van der Waals surface area contributed by atoms with Crippen molar-refractivity contribution in [3.63, 3.8) is 0 Å². The molecule has 2 aliphatic rings. The highest BCUT2D eigenvalue weighted by atomic mass is 15.1. The molecule has 0 atom stereocenters. The summed E-state index contributed by atoms with van der Waals surface area (Å²) in [5.41, 5.74) is 18.1. The fourth-order valence-electron chi connectivity index (χ4n) is 9.84. The molecule has 7 aromatic carbocycles. The molecule has 270 valence electrons. The van der Waals surface area contributed by atoms with Gasteiger partial charge in [-0.05, 0) is 123 Å². The number of fused-ring (bicyclic) bond motifs is 7. The Morgan fingerprint density at radius 1 is 0.418 bits per heavy atom. The van der Waals surface area contributed by atoms with Gasteiger partial charge in [-0.25, -0.2) is 0 Å². The topological polar surface area (TPSA) is 8.17 Å². The van der Waals surface area contributed by atoms with Gasteiger partial charge < -0.3 is 9.47 Å². The lowest BCUT2D eigenvalue weighted by molar-refractivity contribution is 0.332. The van der Waals surface area contributed by atoms with Gasteiger partial charge in [0.05, 0.1) is 11.0 Å². The maximum atomic E-state index is 2.51. The van der Waals surface area contributed by atoms with E-state index in [0.29, 0.717) is 0 Å². The van der Waals surface area contributed by atoms with E-state index in [9.17, 15) is 0 Å². The highest BCUT2D eigenvalue weighted by Gasteiger charge is 2.38. The summed E-state index contributed by atoms with van der Waals surface area (Å²) in [5.74, 6) is 0. The first kappa shape index (κ1) is 33.7. The number of hydrogen-bond donors (Lipinski definition) is 0. The average molecular weight is 713 g/mol. The van der Waals surface area contributed by atoms with E-state index in [1.165, 1.54) is 84.8 Å². The first-order valence-corrected chi connectivity index (χ1v) is 19.9. The van der Waals surface area contributed by atoms with Gasteiger partial charge in [-0.15, -0.1) is 0 Å². The molecule has 0 saturated carbocycles. The average Bonchev–Trinajstić information content (AvgIpc) is 3.65. The lowest BCUT2D eigenvalue weighted by Crippen LogP contribution is -2.33. The SMILES string of the molecule is CC1(C)CCC(C)(C)c2cc(-n3c4ccccc4c4ccc(N(c5cccc(-c6ccccc6)c5)c5ccc6c(c5)-c5ccccc5C6(C)C)cc43)ccc21. The van der Waals surface area contributed by atoms with Crippen molar-refractivity contribution < 1.29 is 0 Å². The molecule has 8 aromatic rings. The van der Waals surface area contributed by atoms with Crippen molar-refractivity contribution in [1.29, 1.82) is 0 Å². The van der Waals surface area contributed by atoms with E-state index in [4.69, 9.17) is 0 Å². The van der Waals surface area contributed by atoms with Gasteiger partial charge in [0, 0.05) is 38.9 Å². The summed E-state index contributed by atoms with van der Waals surface area (Å²) in [6.45, 7) is 14.4. The minimum absolute atomic E-state index is 0.0545. The van der Waals surface area contributed by atoms with E-state index < -0.39 is 0 Å². The second kappa shape index (κ2) is 12.1. The van der Waals surface area contributed by atoms with Crippen LogP contribution in [0.3, 0.4) is 0 Å². The van der Waals surface area contributed by atoms with Crippen LogP contribution in [0.25, 0.3) is 49.7 Å². The summed E-state index contributed by atoms with van der Waals surface area (Å²) >= 11 is 0. The molecule has 0 N–H and O–H groups in total. The molecule has 55 heavy (non-hydrogen) atoms. The summed E-state index contributed by atoms with van der Waals surface area (Å²) in [5, 5.41) is 2.54. The van der Waals surface area contributed by atoms with Gasteiger partial charge in [-0.2, -0.15) is 0 Å². The van der Waals surface area contributed by atoms with Gasteiger partial charge in [-0.3, -0.25) is 0 Å². The number of para-hydroxylation sites is 1. The Morgan fingerprint density at radius 2 is 1.04 bits per heavy atom. The Labute approximate surface area is 325 Å². The Bertz CT molecular complexity index is 2790. The molecule has 0 unspecified atom stereocenters. The van der Waals surface area contributed by atoms with Crippen LogP contribution in [0, 0.1) is 0 Å². The van der Waals surface area contributed by atoms with Gasteiger partial charge in [0.2, 0.25) is 0 Å². The molecule has 1 aromatic heterocycles. The van der Waals surface area contributed by atoms with E-state index in [2.05, 4.69) is 209 Å². The molecule has 2 heteroatoms. The molecular formula is C53H48N2. The summed E-state index contributed by atoms with van der Waals surface area (Å²) in [6, 6.07) is 59.0. The zero-order chi connectivity index (χ0) is 37.7. The Hall–Kier alpha value is -5.86. The first-order valence-electron chi connectivity index (χ1n) is 19.9. The van der Waals surface area contributed by atoms with E-state index in [1.54, 1.807) is 0 Å². The molecule has 1 heterocycles. The Morgan fingerprint density at radius 3 is 1.87 bits per heavy atom. The summed E-state index contributed by atoms with van der Waals surface area (Å²) in [6.07, 6.45) is 2.39. The maximum absolute atomic E-state index is 2.51. The lowest BCUT2D eigenvalue weighted by atomic mass is 9.63. The Balaban J connectivity index is 1.21. The smallest absolute Gasteiger partial charge is 0.0561 e. The first-order chi connectivity index (χ1) is 26.5. The lowest BCUT2D eigenvalue weighted by Gasteiger charge is -2.42. The van der Waals surface area contributed by atoms with Gasteiger partial charge in [0.25, 0.3) is 0 Å². The van der Waals surface area contributed by atoms with Crippen molar-refractivity contribution in [3.8, 4) is 27.9 Å². The maximum Gasteiger partial charge on any atom is 0.0561 e. The van der Waals surface area contributed by atoms with Gasteiger partial charge in [0.15, 0.2) is 0 Å². The zero-order valence-corrected chi connectivity index (χ0v) is 32.8. The molecule has 0 saturated heterocycles. The molecule has 0 bridgehead atoms. The quantitative estimate of drug-likeness (QED) is 0.172. The largest absolute Gasteiger partial charge is 0.310 e. The number of benzene rings is 7. The van der Waals surface area contributed by atoms with Crippen LogP contribution in [0.5, 0.6) is 0 Å². The molecule has 0 amide bonds. The predicted octanol–water partition coefficient (Wildman–Crippen LogP) is 14.6. The molecule has 10 rings (SSSR count). The van der Waals surface area contributed by atoms with Crippen molar-refractivity contribution in [3.05, 3.63) is 180 Å². The fourth-order valence-corrected chi connectivity index (χ4v) is 9.84. The van der Waals surface area contributed by atoms with Gasteiger partial charge >= 0.3 is 0 Å². The van der Waals surface area contributed by atoms with Crippen molar-refractivity contribution >= 4 is 38.9 Å². The molecule has 2 nitrogen and oxygen atoms in total. The predicted molar refractivity (Wildman–Crippen MR) is 234 cm³/mol. The van der Waals surface area contributed by atoms with Crippen molar-refractivity contribution in [2.24, 2.45) is 0 Å². The number of rotatable bonds is 5. The third-order valence-electron chi connectivity index (χ3n) is 13.0. The summed E-state index contributed by atoms with van der Waals surface area (Å²) in [7, 11) is 0. The monoisotopic (exact) mass is 712 g/mol. The highest BCUT2D eigenvalue weighted by molar-refractivity contribution is 6.10. The number of anilines is 3. The Kier molecular flexibility index (Phi) is 7.39. The van der Waals surface area contributed by atoms with Crippen LogP contribution in [0.4, 0.5) is 17.1 Å². The van der Waals surface area contributed by atoms with Gasteiger partial charge in [0.1, 0.15) is 0 Å². The van der Waals surface area contributed by atoms with Crippen LogP contribution >= 0.6 is 0 Å². The van der Waals surface area contributed by atoms with Crippen LogP contribution in [0.2, 0.25) is 0 Å². The van der Waals surface area contributed by atoms with Crippen LogP contribution < -0.4 is 4.90 Å². The van der Waals surface area contributed by atoms with Crippen LogP contribution in [-0.4, -0.2) is 4.57 Å². The zero-order valence-electron chi connectivity index (χ0n) is 32.8. The normalized spacial score (nSPS) is 16.1. The van der Waals surface area contributed by atoms with Crippen molar-refractivity contribution in [1.82, 2.24) is 4.57 Å². The number of aromatic nitrogens is 1. The molecule has 0 fully saturated rings. The van der Waals surface area contributed by atoms with Crippen molar-refractivity contribution in [2.45, 2.75) is 70.6 Å². The standard InChI is InChI=1S/C53H48N2/c1-51(2)29-30-52(3,4)48-33-39(25-28-47(48)51)55-49-22-13-11-20-42(49)43-26-23-40(34-50(43)55)54(37-18-14-17-36(31-37)35-15-8-7-9-16-35)38-24-27-46-44(32-38)41-19-10-12-21-45(41)53(46,5)6/h7-28,31-34H,29-30H2,1-6H3. The molecule has 0 spiro atoms. The van der Waals surface area contributed by atoms with Gasteiger partial charge in [-0.1, -0.05) is 145 Å². The molecule has 2 aliphatic carbocycles. The summed E-state index contributed by atoms with van der Waals surface area (Å²) < 4.78 is 2.51. The highest BCUT2D eigenvalue weighted by Crippen LogP contribution is 2.51. The summed E-state index contributed by atoms with van der Waals surface area (Å²) in [4.78, 5) is 2.46. The minimum atomic E-state index is -0.0545. The fraction of sp³-hybridized carbons (Fsp3) is 0.208. The van der Waals surface area contributed by atoms with E-state index in [-0.39, 0.29) is 16.2 Å². The third kappa shape index (κ3) is 5.22. The molecular weight excluding hydrogens is 665 g/mol. The second-order valence-electron chi connectivity index (χ2n) is 17.7. The van der Waals surface area contributed by atoms with E-state index in [0.717, 1.165) is 17.1 Å². The molecule has 0 radical (unpaired) electrons. The van der Waals surface area contributed by atoms with Crippen LogP contribution in [-0.2, 0) is 16.2 Å². The van der Waals surface area contributed by atoms with E-state index >= 15 is 0 Å².